The zero-order valence-corrected chi connectivity index (χ0v) is 11.5. The number of nitrogens with zero attached hydrogens (tertiary/aromatic N) is 1. The molecule has 0 aliphatic carbocycles. The summed E-state index contributed by atoms with van der Waals surface area (Å²) in [5.41, 5.74) is 2.11. The number of aromatic nitrogens is 1. The van der Waals surface area contributed by atoms with Gasteiger partial charge in [-0.25, -0.2) is 0 Å². The van der Waals surface area contributed by atoms with E-state index in [0.717, 1.165) is 18.0 Å². The molecule has 2 aromatic rings. The van der Waals surface area contributed by atoms with Gasteiger partial charge in [-0.3, -0.25) is 4.98 Å². The maximum atomic E-state index is 5.85. The molecule has 1 heterocycles. The smallest absolute Gasteiger partial charge is 0.130 e. The van der Waals surface area contributed by atoms with Crippen LogP contribution in [0.25, 0.3) is 0 Å². The van der Waals surface area contributed by atoms with Crippen molar-refractivity contribution >= 4 is 0 Å². The van der Waals surface area contributed by atoms with Crippen LogP contribution in [-0.2, 0) is 13.2 Å². The summed E-state index contributed by atoms with van der Waals surface area (Å²) < 4.78 is 5.85. The average Bonchev–Trinajstić information content (AvgIpc) is 2.45. The Balaban J connectivity index is 1.99. The highest BCUT2D eigenvalue weighted by Crippen LogP contribution is 2.19. The molecule has 0 atom stereocenters. The normalized spacial score (nSPS) is 10.7. The Morgan fingerprint density at radius 1 is 1.11 bits per heavy atom. The third kappa shape index (κ3) is 4.38. The quantitative estimate of drug-likeness (QED) is 0.862. The predicted octanol–water partition coefficient (Wildman–Crippen LogP) is 3.16. The molecule has 0 aliphatic rings. The van der Waals surface area contributed by atoms with Crippen molar-refractivity contribution < 1.29 is 4.74 Å². The van der Waals surface area contributed by atoms with Gasteiger partial charge in [-0.15, -0.1) is 0 Å². The number of rotatable bonds is 6. The highest BCUT2D eigenvalue weighted by Gasteiger charge is 2.04. The zero-order chi connectivity index (χ0) is 13.5. The second-order valence-electron chi connectivity index (χ2n) is 4.75. The lowest BCUT2D eigenvalue weighted by atomic mass is 10.2. The minimum atomic E-state index is 0.462. The molecule has 0 saturated carbocycles. The largest absolute Gasteiger partial charge is 0.487 e. The zero-order valence-electron chi connectivity index (χ0n) is 11.5. The van der Waals surface area contributed by atoms with Gasteiger partial charge in [0.2, 0.25) is 0 Å². The molecule has 2 rings (SSSR count). The first-order valence-corrected chi connectivity index (χ1v) is 6.59. The van der Waals surface area contributed by atoms with Gasteiger partial charge in [-0.05, 0) is 18.2 Å². The van der Waals surface area contributed by atoms with Gasteiger partial charge in [0, 0.05) is 24.3 Å². The Bertz CT molecular complexity index is 497. The van der Waals surface area contributed by atoms with Gasteiger partial charge in [0.05, 0.1) is 5.69 Å². The molecule has 0 unspecified atom stereocenters. The van der Waals surface area contributed by atoms with E-state index in [-0.39, 0.29) is 0 Å². The summed E-state index contributed by atoms with van der Waals surface area (Å²) >= 11 is 0. The molecule has 0 amide bonds. The molecule has 1 aromatic carbocycles. The van der Waals surface area contributed by atoms with Gasteiger partial charge in [-0.1, -0.05) is 38.1 Å². The Hall–Kier alpha value is -1.87. The van der Waals surface area contributed by atoms with Gasteiger partial charge in [0.15, 0.2) is 0 Å². The highest BCUT2D eigenvalue weighted by atomic mass is 16.5. The van der Waals surface area contributed by atoms with Crippen LogP contribution in [0, 0.1) is 0 Å². The second-order valence-corrected chi connectivity index (χ2v) is 4.75. The number of hydrogen-bond acceptors (Lipinski definition) is 3. The molecule has 100 valence electrons. The van der Waals surface area contributed by atoms with E-state index in [4.69, 9.17) is 4.74 Å². The predicted molar refractivity (Wildman–Crippen MR) is 77.0 cm³/mol. The van der Waals surface area contributed by atoms with Gasteiger partial charge in [0.25, 0.3) is 0 Å². The van der Waals surface area contributed by atoms with E-state index in [1.165, 1.54) is 5.56 Å². The van der Waals surface area contributed by atoms with Crippen LogP contribution in [0.5, 0.6) is 5.75 Å². The summed E-state index contributed by atoms with van der Waals surface area (Å²) in [6, 6.07) is 14.4. The summed E-state index contributed by atoms with van der Waals surface area (Å²) in [5.74, 6) is 0.918. The van der Waals surface area contributed by atoms with Gasteiger partial charge in [-0.2, -0.15) is 0 Å². The molecule has 0 saturated heterocycles. The summed E-state index contributed by atoms with van der Waals surface area (Å²) in [6.07, 6.45) is 1.78. The Morgan fingerprint density at radius 2 is 1.89 bits per heavy atom. The molecule has 3 heteroatoms. The third-order valence-corrected chi connectivity index (χ3v) is 2.78. The third-order valence-electron chi connectivity index (χ3n) is 2.78. The van der Waals surface area contributed by atoms with Gasteiger partial charge >= 0.3 is 0 Å². The molecule has 3 nitrogen and oxygen atoms in total. The molecule has 0 aliphatic heterocycles. The standard InChI is InChI=1S/C16H20N2O/c1-13(2)18-11-14-7-3-4-9-16(14)19-12-15-8-5-6-10-17-15/h3-10,13,18H,11-12H2,1-2H3. The summed E-state index contributed by atoms with van der Waals surface area (Å²) in [7, 11) is 0. The van der Waals surface area contributed by atoms with E-state index >= 15 is 0 Å². The van der Waals surface area contributed by atoms with Crippen molar-refractivity contribution in [3.8, 4) is 5.75 Å². The van der Waals surface area contributed by atoms with Gasteiger partial charge in [0.1, 0.15) is 12.4 Å². The van der Waals surface area contributed by atoms with Crippen LogP contribution in [0.4, 0.5) is 0 Å². The van der Waals surface area contributed by atoms with Crippen molar-refractivity contribution in [2.45, 2.75) is 33.0 Å². The van der Waals surface area contributed by atoms with E-state index in [1.807, 2.05) is 36.4 Å². The number of benzene rings is 1. The minimum Gasteiger partial charge on any atom is -0.487 e. The van der Waals surface area contributed by atoms with Crippen molar-refractivity contribution in [2.24, 2.45) is 0 Å². The first-order chi connectivity index (χ1) is 9.25. The minimum absolute atomic E-state index is 0.462. The lowest BCUT2D eigenvalue weighted by Crippen LogP contribution is -2.22. The number of pyridine rings is 1. The number of para-hydroxylation sites is 1. The second kappa shape index (κ2) is 6.90. The molecule has 0 fully saturated rings. The van der Waals surface area contributed by atoms with E-state index in [0.29, 0.717) is 12.6 Å². The molecule has 0 spiro atoms. The fourth-order valence-corrected chi connectivity index (χ4v) is 1.74. The Morgan fingerprint density at radius 3 is 2.63 bits per heavy atom. The molecule has 1 aromatic heterocycles. The summed E-state index contributed by atoms with van der Waals surface area (Å²) in [6.45, 7) is 5.59. The molecule has 0 radical (unpaired) electrons. The number of hydrogen-bond donors (Lipinski definition) is 1. The van der Waals surface area contributed by atoms with E-state index < -0.39 is 0 Å². The van der Waals surface area contributed by atoms with Crippen LogP contribution in [0.2, 0.25) is 0 Å². The molecule has 1 N–H and O–H groups in total. The van der Waals surface area contributed by atoms with Gasteiger partial charge < -0.3 is 10.1 Å². The Kier molecular flexibility index (Phi) is 4.93. The first kappa shape index (κ1) is 13.6. The van der Waals surface area contributed by atoms with Crippen molar-refractivity contribution in [1.29, 1.82) is 0 Å². The summed E-state index contributed by atoms with van der Waals surface area (Å²) in [4.78, 5) is 4.26. The summed E-state index contributed by atoms with van der Waals surface area (Å²) in [5, 5.41) is 3.40. The van der Waals surface area contributed by atoms with Crippen molar-refractivity contribution in [3.63, 3.8) is 0 Å². The molecule has 0 bridgehead atoms. The average molecular weight is 256 g/mol. The lowest BCUT2D eigenvalue weighted by Gasteiger charge is -2.13. The molecule has 19 heavy (non-hydrogen) atoms. The van der Waals surface area contributed by atoms with Crippen LogP contribution in [-0.4, -0.2) is 11.0 Å². The molecular formula is C16H20N2O. The number of ether oxygens (including phenoxy) is 1. The number of nitrogens with one attached hydrogen (secondary N) is 1. The first-order valence-electron chi connectivity index (χ1n) is 6.59. The Labute approximate surface area is 114 Å². The maximum Gasteiger partial charge on any atom is 0.130 e. The van der Waals surface area contributed by atoms with Crippen LogP contribution in [0.1, 0.15) is 25.1 Å². The van der Waals surface area contributed by atoms with Crippen molar-refractivity contribution in [3.05, 3.63) is 59.9 Å². The topological polar surface area (TPSA) is 34.1 Å². The van der Waals surface area contributed by atoms with Crippen molar-refractivity contribution in [1.82, 2.24) is 10.3 Å². The van der Waals surface area contributed by atoms with Crippen LogP contribution >= 0.6 is 0 Å². The van der Waals surface area contributed by atoms with Crippen LogP contribution < -0.4 is 10.1 Å². The van der Waals surface area contributed by atoms with Crippen LogP contribution in [0.15, 0.2) is 48.7 Å². The van der Waals surface area contributed by atoms with Crippen molar-refractivity contribution in [2.75, 3.05) is 0 Å². The fourth-order valence-electron chi connectivity index (χ4n) is 1.74. The lowest BCUT2D eigenvalue weighted by molar-refractivity contribution is 0.297. The van der Waals surface area contributed by atoms with E-state index in [1.54, 1.807) is 6.20 Å². The van der Waals surface area contributed by atoms with E-state index in [9.17, 15) is 0 Å². The fraction of sp³-hybridized carbons (Fsp3) is 0.312. The monoisotopic (exact) mass is 256 g/mol. The van der Waals surface area contributed by atoms with Crippen LogP contribution in [0.3, 0.4) is 0 Å². The highest BCUT2D eigenvalue weighted by molar-refractivity contribution is 5.33. The van der Waals surface area contributed by atoms with E-state index in [2.05, 4.69) is 30.2 Å². The molecular weight excluding hydrogens is 236 g/mol. The maximum absolute atomic E-state index is 5.85. The SMILES string of the molecule is CC(C)NCc1ccccc1OCc1ccccn1.